The van der Waals surface area contributed by atoms with E-state index in [1.165, 1.54) is 17.2 Å². The molecule has 0 radical (unpaired) electrons. The predicted molar refractivity (Wildman–Crippen MR) is 121 cm³/mol. The molecule has 0 atom stereocenters. The highest BCUT2D eigenvalue weighted by atomic mass is 127. The van der Waals surface area contributed by atoms with E-state index in [9.17, 15) is 8.42 Å². The number of primary sulfonamides is 1. The van der Waals surface area contributed by atoms with E-state index in [4.69, 9.17) is 5.14 Å². The van der Waals surface area contributed by atoms with Crippen molar-refractivity contribution in [2.45, 2.75) is 31.8 Å². The van der Waals surface area contributed by atoms with Crippen LogP contribution < -0.4 is 10.5 Å². The number of nitrogens with one attached hydrogen (secondary N) is 1. The number of halogens is 1. The Labute approximate surface area is 178 Å². The van der Waals surface area contributed by atoms with Crippen molar-refractivity contribution in [1.29, 1.82) is 0 Å². The van der Waals surface area contributed by atoms with Crippen LogP contribution in [-0.4, -0.2) is 32.9 Å². The zero-order valence-corrected chi connectivity index (χ0v) is 19.0. The SMILES string of the molecule is CCNC(=NCc1cccc(S(N)(=O)=O)c1)N(C)Cc1ccc(C)cc1.I. The molecule has 0 fully saturated rings. The van der Waals surface area contributed by atoms with Gasteiger partial charge in [0.2, 0.25) is 10.0 Å². The van der Waals surface area contributed by atoms with Crippen molar-refractivity contribution in [1.82, 2.24) is 10.2 Å². The summed E-state index contributed by atoms with van der Waals surface area (Å²) in [6.07, 6.45) is 0. The molecule has 0 bridgehead atoms. The number of sulfonamides is 1. The molecule has 0 aliphatic carbocycles. The molecule has 0 saturated carbocycles. The Hall–Kier alpha value is -1.65. The highest BCUT2D eigenvalue weighted by Crippen LogP contribution is 2.11. The summed E-state index contributed by atoms with van der Waals surface area (Å²) >= 11 is 0. The molecule has 0 amide bonds. The maximum atomic E-state index is 11.5. The topological polar surface area (TPSA) is 87.8 Å². The molecule has 0 saturated heterocycles. The van der Waals surface area contributed by atoms with Gasteiger partial charge in [-0.2, -0.15) is 0 Å². The average Bonchev–Trinajstić information content (AvgIpc) is 2.60. The van der Waals surface area contributed by atoms with Gasteiger partial charge in [0.25, 0.3) is 0 Å². The number of hydrogen-bond acceptors (Lipinski definition) is 3. The monoisotopic (exact) mass is 502 g/mol. The second kappa shape index (κ2) is 10.6. The minimum atomic E-state index is -3.71. The van der Waals surface area contributed by atoms with Crippen molar-refractivity contribution in [2.75, 3.05) is 13.6 Å². The number of aliphatic imine (C=N–C) groups is 1. The fourth-order valence-electron chi connectivity index (χ4n) is 2.50. The van der Waals surface area contributed by atoms with Gasteiger partial charge in [-0.1, -0.05) is 42.0 Å². The summed E-state index contributed by atoms with van der Waals surface area (Å²) in [6.45, 7) is 5.91. The lowest BCUT2D eigenvalue weighted by atomic mass is 10.1. The summed E-state index contributed by atoms with van der Waals surface area (Å²) in [5.41, 5.74) is 3.21. The van der Waals surface area contributed by atoms with Gasteiger partial charge in [0.15, 0.2) is 5.96 Å². The zero-order valence-electron chi connectivity index (χ0n) is 15.8. The van der Waals surface area contributed by atoms with E-state index in [0.717, 1.165) is 24.6 Å². The Morgan fingerprint density at radius 1 is 1.15 bits per heavy atom. The molecular weight excluding hydrogens is 475 g/mol. The van der Waals surface area contributed by atoms with Crippen LogP contribution in [0, 0.1) is 6.92 Å². The van der Waals surface area contributed by atoms with Crippen molar-refractivity contribution in [3.8, 4) is 0 Å². The fraction of sp³-hybridized carbons (Fsp3) is 0.316. The van der Waals surface area contributed by atoms with Gasteiger partial charge in [0, 0.05) is 20.1 Å². The number of nitrogens with zero attached hydrogens (tertiary/aromatic N) is 2. The molecule has 6 nitrogen and oxygen atoms in total. The van der Waals surface area contributed by atoms with Crippen LogP contribution >= 0.6 is 24.0 Å². The van der Waals surface area contributed by atoms with Crippen molar-refractivity contribution >= 4 is 40.0 Å². The van der Waals surface area contributed by atoms with E-state index >= 15 is 0 Å². The largest absolute Gasteiger partial charge is 0.357 e. The molecular formula is C19H27IN4O2S. The van der Waals surface area contributed by atoms with E-state index < -0.39 is 10.0 Å². The normalized spacial score (nSPS) is 11.6. The van der Waals surface area contributed by atoms with Crippen molar-refractivity contribution < 1.29 is 8.42 Å². The molecule has 0 aliphatic rings. The highest BCUT2D eigenvalue weighted by molar-refractivity contribution is 14.0. The summed E-state index contributed by atoms with van der Waals surface area (Å²) in [6, 6.07) is 14.9. The van der Waals surface area contributed by atoms with Crippen LogP contribution in [0.3, 0.4) is 0 Å². The van der Waals surface area contributed by atoms with E-state index in [0.29, 0.717) is 6.54 Å². The predicted octanol–water partition coefficient (Wildman–Crippen LogP) is 2.86. The molecule has 8 heteroatoms. The fourth-order valence-corrected chi connectivity index (χ4v) is 3.08. The molecule has 0 aliphatic heterocycles. The number of rotatable bonds is 6. The molecule has 0 heterocycles. The van der Waals surface area contributed by atoms with Gasteiger partial charge in [-0.25, -0.2) is 18.5 Å². The lowest BCUT2D eigenvalue weighted by Crippen LogP contribution is -2.38. The Morgan fingerprint density at radius 3 is 2.41 bits per heavy atom. The number of benzene rings is 2. The molecule has 0 aromatic heterocycles. The number of guanidine groups is 1. The number of nitrogens with two attached hydrogens (primary N) is 1. The summed E-state index contributed by atoms with van der Waals surface area (Å²) in [7, 11) is -1.73. The maximum absolute atomic E-state index is 11.5. The molecule has 0 spiro atoms. The van der Waals surface area contributed by atoms with Gasteiger partial charge in [-0.05, 0) is 37.1 Å². The van der Waals surface area contributed by atoms with Gasteiger partial charge in [0.1, 0.15) is 0 Å². The van der Waals surface area contributed by atoms with Crippen molar-refractivity contribution in [3.05, 3.63) is 65.2 Å². The third kappa shape index (κ3) is 7.47. The van der Waals surface area contributed by atoms with Gasteiger partial charge in [-0.3, -0.25) is 0 Å². The molecule has 0 unspecified atom stereocenters. The second-order valence-electron chi connectivity index (χ2n) is 6.20. The van der Waals surface area contributed by atoms with E-state index in [2.05, 4.69) is 41.5 Å². The highest BCUT2D eigenvalue weighted by Gasteiger charge is 2.09. The summed E-state index contributed by atoms with van der Waals surface area (Å²) in [4.78, 5) is 6.76. The zero-order chi connectivity index (χ0) is 19.2. The average molecular weight is 502 g/mol. The summed E-state index contributed by atoms with van der Waals surface area (Å²) < 4.78 is 23.0. The van der Waals surface area contributed by atoms with Crippen molar-refractivity contribution in [3.63, 3.8) is 0 Å². The smallest absolute Gasteiger partial charge is 0.238 e. The van der Waals surface area contributed by atoms with Crippen LogP contribution in [0.15, 0.2) is 58.4 Å². The van der Waals surface area contributed by atoms with Gasteiger partial charge in [0.05, 0.1) is 11.4 Å². The lowest BCUT2D eigenvalue weighted by molar-refractivity contribution is 0.476. The summed E-state index contributed by atoms with van der Waals surface area (Å²) in [5, 5.41) is 8.45. The molecule has 2 rings (SSSR count). The summed E-state index contributed by atoms with van der Waals surface area (Å²) in [5.74, 6) is 0.758. The van der Waals surface area contributed by atoms with Crippen molar-refractivity contribution in [2.24, 2.45) is 10.1 Å². The Kier molecular flexibility index (Phi) is 9.20. The van der Waals surface area contributed by atoms with Gasteiger partial charge in [-0.15, -0.1) is 24.0 Å². The standard InChI is InChI=1S/C19H26N4O2S.HI/c1-4-21-19(23(3)14-16-10-8-15(2)9-11-16)22-13-17-6-5-7-18(12-17)26(20,24)25;/h5-12H,4,13-14H2,1-3H3,(H,21,22)(H2,20,24,25);1H. The first-order chi connectivity index (χ1) is 12.3. The molecule has 2 aromatic carbocycles. The van der Waals surface area contributed by atoms with Crippen LogP contribution in [0.2, 0.25) is 0 Å². The van der Waals surface area contributed by atoms with E-state index in [1.54, 1.807) is 12.1 Å². The second-order valence-corrected chi connectivity index (χ2v) is 7.77. The number of aryl methyl sites for hydroxylation is 1. The Bertz CT molecular complexity index is 868. The Morgan fingerprint density at radius 2 is 1.81 bits per heavy atom. The first kappa shape index (κ1) is 23.4. The van der Waals surface area contributed by atoms with Crippen LogP contribution in [0.1, 0.15) is 23.6 Å². The van der Waals surface area contributed by atoms with Gasteiger partial charge >= 0.3 is 0 Å². The first-order valence-electron chi connectivity index (χ1n) is 8.46. The van der Waals surface area contributed by atoms with Gasteiger partial charge < -0.3 is 10.2 Å². The van der Waals surface area contributed by atoms with Crippen LogP contribution in [0.25, 0.3) is 0 Å². The molecule has 3 N–H and O–H groups in total. The van der Waals surface area contributed by atoms with E-state index in [1.807, 2.05) is 24.9 Å². The lowest BCUT2D eigenvalue weighted by Gasteiger charge is -2.22. The quantitative estimate of drug-likeness (QED) is 0.361. The minimum Gasteiger partial charge on any atom is -0.357 e. The maximum Gasteiger partial charge on any atom is 0.238 e. The molecule has 148 valence electrons. The third-order valence-electron chi connectivity index (χ3n) is 3.88. The van der Waals surface area contributed by atoms with Crippen LogP contribution in [0.5, 0.6) is 0 Å². The van der Waals surface area contributed by atoms with Crippen LogP contribution in [-0.2, 0) is 23.1 Å². The van der Waals surface area contributed by atoms with Crippen LogP contribution in [0.4, 0.5) is 0 Å². The number of hydrogen-bond donors (Lipinski definition) is 2. The Balaban J connectivity index is 0.00000364. The van der Waals surface area contributed by atoms with E-state index in [-0.39, 0.29) is 28.9 Å². The third-order valence-corrected chi connectivity index (χ3v) is 4.79. The first-order valence-corrected chi connectivity index (χ1v) is 10.0. The molecule has 2 aromatic rings. The minimum absolute atomic E-state index is 0. The molecule has 27 heavy (non-hydrogen) atoms.